The standard InChI is InChI=1S/C25H49NO4S.C11H21NO4S.C6H11NO.C3H4O2.C2H5Br.C2H6OS.9CH4.K.H2O/c1-5-6-7-8-9-10-11-12-13-14-15-16-17-30-18-19-31-23(25(28)29)20-22(4)24(27)26-21(2)3;1-7(2)12-10(14)8(3)6-9(11(15)16)17-5-4-13;1-4-6(8)7-5(2)3;1-2-3(4)5;1-2-3;3-1-2-4;;;;;;;;;;;/h21-23H,5-20H2,1-4H3,(H,26,27)(H,28,29);7-9,13H,4-6H2,1-3H3,(H,12,14)(H,15,16);4-5H,1H2,2-3H3,(H,7,8);2H,1H2,(H,4,5);2H2,1H3;3-4H,1-2H2;9*1H4;;1H2/q;;;;;;;;;;;;;;;+1;/p-1. The number of carboxylic acids is 3. The van der Waals surface area contributed by atoms with Gasteiger partial charge in [-0.2, -0.15) is 12.6 Å². The SMILES string of the molecule is C.C.C.C.C.C.C.C.C.C=CC(=O)NC(C)C.C=CC(=O)O.CC(C)NC(=O)C(C)CC(SCCO)C(=O)O.CCBr.CCCCCCCCCCCCCCOCCSC(CC(C)C(=O)NC(C)C)C(=O)O.OCCS.[K+].[OH-]. The number of hydrogen-bond donors (Lipinski definition) is 9. The minimum atomic E-state index is -0.981. The van der Waals surface area contributed by atoms with E-state index in [0.717, 1.165) is 36.2 Å². The third-order valence-corrected chi connectivity index (χ3v) is 11.0. The summed E-state index contributed by atoms with van der Waals surface area (Å²) < 4.78 is 5.67. The fourth-order valence-electron chi connectivity index (χ4n) is 5.13. The van der Waals surface area contributed by atoms with Gasteiger partial charge < -0.3 is 51.7 Å². The maximum absolute atomic E-state index is 12.0. The van der Waals surface area contributed by atoms with Gasteiger partial charge in [0.1, 0.15) is 10.5 Å². The molecule has 0 saturated carbocycles. The number of unbranched alkanes of at least 4 members (excludes halogenated alkanes) is 11. The number of rotatable bonds is 34. The van der Waals surface area contributed by atoms with E-state index in [2.05, 4.69) is 64.6 Å². The van der Waals surface area contributed by atoms with Crippen molar-refractivity contribution in [3.8, 4) is 0 Å². The van der Waals surface area contributed by atoms with Crippen LogP contribution in [0.2, 0.25) is 0 Å². The second-order valence-electron chi connectivity index (χ2n) is 16.3. The first-order chi connectivity index (χ1) is 32.0. The maximum Gasteiger partial charge on any atom is 1.00 e. The third kappa shape index (κ3) is 113. The fourth-order valence-corrected chi connectivity index (χ4v) is 7.15. The molecule has 0 aliphatic rings. The van der Waals surface area contributed by atoms with Crippen molar-refractivity contribution in [2.24, 2.45) is 11.8 Å². The van der Waals surface area contributed by atoms with Crippen LogP contribution in [-0.2, 0) is 33.5 Å². The summed E-state index contributed by atoms with van der Waals surface area (Å²) in [6.45, 7) is 26.9. The number of halogens is 1. The average molecular weight is 1300 g/mol. The predicted molar refractivity (Wildman–Crippen MR) is 355 cm³/mol. The third-order valence-electron chi connectivity index (χ3n) is 8.43. The number of aliphatic hydroxyl groups excluding tert-OH is 2. The number of nitrogens with one attached hydrogen (secondary N) is 3. The molecule has 16 nitrogen and oxygen atoms in total. The van der Waals surface area contributed by atoms with Crippen LogP contribution in [0.1, 0.15) is 226 Å². The topological polar surface area (TPSA) is 279 Å². The van der Waals surface area contributed by atoms with Crippen molar-refractivity contribution in [3.05, 3.63) is 25.3 Å². The molecule has 4 unspecified atom stereocenters. The number of aliphatic carboxylic acids is 3. The Balaban J connectivity index is -0.0000000456. The molecule has 21 heteroatoms. The molecule has 0 saturated heterocycles. The molecule has 0 fully saturated rings. The molecule has 484 valence electrons. The van der Waals surface area contributed by atoms with E-state index in [-0.39, 0.29) is 191 Å². The molecule has 0 aromatic carbocycles. The number of carboxylic acid groups (broad SMARTS) is 3. The first kappa shape index (κ1) is 125. The minimum Gasteiger partial charge on any atom is -0.870 e. The Bertz CT molecular complexity index is 1250. The van der Waals surface area contributed by atoms with Crippen LogP contribution in [0.5, 0.6) is 0 Å². The Hall–Kier alpha value is -0.694. The Labute approximate surface area is 555 Å². The largest absolute Gasteiger partial charge is 1.00 e. The Kier molecular flexibility index (Phi) is 152. The molecule has 0 aliphatic carbocycles. The molecule has 0 aliphatic heterocycles. The minimum absolute atomic E-state index is 0. The smallest absolute Gasteiger partial charge is 0.870 e. The quantitative estimate of drug-likeness (QED) is 0.00952. The normalized spacial score (nSPS) is 10.2. The van der Waals surface area contributed by atoms with Crippen LogP contribution in [0.4, 0.5) is 0 Å². The van der Waals surface area contributed by atoms with Gasteiger partial charge in [0.25, 0.3) is 0 Å². The molecule has 0 radical (unpaired) electrons. The molecule has 0 rings (SSSR count). The van der Waals surface area contributed by atoms with E-state index in [1.54, 1.807) is 13.8 Å². The molecule has 3 amide bonds. The van der Waals surface area contributed by atoms with Gasteiger partial charge in [0.05, 0.1) is 19.8 Å². The van der Waals surface area contributed by atoms with E-state index in [4.69, 9.17) is 25.2 Å². The summed E-state index contributed by atoms with van der Waals surface area (Å²) in [4.78, 5) is 65.7. The van der Waals surface area contributed by atoms with Gasteiger partial charge in [-0.3, -0.25) is 24.0 Å². The van der Waals surface area contributed by atoms with Crippen molar-refractivity contribution in [3.63, 3.8) is 0 Å². The van der Waals surface area contributed by atoms with E-state index >= 15 is 0 Å². The zero-order valence-electron chi connectivity index (χ0n) is 44.8. The summed E-state index contributed by atoms with van der Waals surface area (Å²) in [7, 11) is 0. The van der Waals surface area contributed by atoms with Gasteiger partial charge in [-0.1, -0.05) is 194 Å². The molecule has 9 N–H and O–H groups in total. The number of carbonyl (C=O) groups excluding carboxylic acids is 3. The number of amides is 3. The van der Waals surface area contributed by atoms with Crippen molar-refractivity contribution >= 4 is 87.7 Å². The van der Waals surface area contributed by atoms with Crippen LogP contribution in [0, 0.1) is 11.8 Å². The van der Waals surface area contributed by atoms with Crippen molar-refractivity contribution < 1.29 is 116 Å². The molecular weight excluding hydrogens is 1160 g/mol. The van der Waals surface area contributed by atoms with Crippen LogP contribution in [0.15, 0.2) is 25.3 Å². The Morgan fingerprint density at radius 2 is 0.835 bits per heavy atom. The number of ether oxygens (including phenoxy) is 1. The number of carbonyl (C=O) groups is 6. The zero-order valence-corrected chi connectivity index (χ0v) is 52.1. The molecule has 0 aromatic heterocycles. The molecule has 4 atom stereocenters. The first-order valence-corrected chi connectivity index (χ1v) is 27.9. The zero-order chi connectivity index (χ0) is 53.7. The van der Waals surface area contributed by atoms with Crippen LogP contribution in [0.3, 0.4) is 0 Å². The number of alkyl halides is 1. The molecule has 79 heavy (non-hydrogen) atoms. The number of thioether (sulfide) groups is 2. The van der Waals surface area contributed by atoms with Gasteiger partial charge in [-0.15, -0.1) is 23.5 Å². The van der Waals surface area contributed by atoms with E-state index in [0.29, 0.717) is 30.3 Å². The van der Waals surface area contributed by atoms with Crippen molar-refractivity contribution in [2.75, 3.05) is 49.0 Å². The van der Waals surface area contributed by atoms with Crippen molar-refractivity contribution in [1.29, 1.82) is 0 Å². The number of hydrogen-bond acceptors (Lipinski definition) is 13. The first-order valence-electron chi connectivity index (χ1n) is 24.1. The van der Waals surface area contributed by atoms with E-state index in [1.807, 2.05) is 48.5 Å². The van der Waals surface area contributed by atoms with Gasteiger partial charge >= 0.3 is 69.3 Å². The summed E-state index contributed by atoms with van der Waals surface area (Å²) >= 11 is 9.36. The van der Waals surface area contributed by atoms with E-state index in [1.165, 1.54) is 88.5 Å². The van der Waals surface area contributed by atoms with Crippen LogP contribution >= 0.6 is 52.1 Å². The predicted octanol–water partition coefficient (Wildman–Crippen LogP) is 12.0. The number of thiol groups is 1. The second kappa shape index (κ2) is 96.5. The summed E-state index contributed by atoms with van der Waals surface area (Å²) in [5.74, 6) is -2.15. The average Bonchev–Trinajstić information content (AvgIpc) is 3.27. The van der Waals surface area contributed by atoms with Gasteiger partial charge in [-0.05, 0) is 66.9 Å². The van der Waals surface area contributed by atoms with Gasteiger partial charge in [0.15, 0.2) is 0 Å². The Morgan fingerprint density at radius 3 is 1.06 bits per heavy atom. The van der Waals surface area contributed by atoms with Gasteiger partial charge in [0.2, 0.25) is 17.7 Å². The van der Waals surface area contributed by atoms with E-state index < -0.39 is 28.4 Å². The molecule has 0 aromatic rings. The van der Waals surface area contributed by atoms with Gasteiger partial charge in [0, 0.05) is 65.2 Å². The second-order valence-corrected chi connectivity index (χ2v) is 20.5. The summed E-state index contributed by atoms with van der Waals surface area (Å²) in [6.07, 6.45) is 18.7. The van der Waals surface area contributed by atoms with Crippen LogP contribution < -0.4 is 67.3 Å². The summed E-state index contributed by atoms with van der Waals surface area (Å²) in [5, 5.41) is 50.6. The molecule has 0 spiro atoms. The monoisotopic (exact) mass is 1290 g/mol. The van der Waals surface area contributed by atoms with Crippen LogP contribution in [-0.4, -0.2) is 144 Å². The fraction of sp³-hybridized carbons (Fsp3) is 0.828. The van der Waals surface area contributed by atoms with Crippen molar-refractivity contribution in [1.82, 2.24) is 16.0 Å². The molecular formula is C58H133BrKN3O13S3. The summed E-state index contributed by atoms with van der Waals surface area (Å²) in [5.41, 5.74) is 0. The van der Waals surface area contributed by atoms with E-state index in [9.17, 15) is 33.9 Å². The summed E-state index contributed by atoms with van der Waals surface area (Å²) in [6, 6.07) is 0.332. The number of aliphatic hydroxyl groups is 2. The molecule has 0 heterocycles. The van der Waals surface area contributed by atoms with Crippen molar-refractivity contribution in [2.45, 2.75) is 255 Å². The maximum atomic E-state index is 12.0. The van der Waals surface area contributed by atoms with Crippen LogP contribution in [0.25, 0.3) is 0 Å². The van der Waals surface area contributed by atoms with Gasteiger partial charge in [-0.25, -0.2) is 4.79 Å². The Morgan fingerprint density at radius 1 is 0.544 bits per heavy atom. The molecule has 0 bridgehead atoms.